The summed E-state index contributed by atoms with van der Waals surface area (Å²) in [6.07, 6.45) is 7.35. The highest BCUT2D eigenvalue weighted by Gasteiger charge is 1.98. The third kappa shape index (κ3) is 2.82. The van der Waals surface area contributed by atoms with Crippen LogP contribution < -0.4 is 0 Å². The van der Waals surface area contributed by atoms with Crippen LogP contribution in [0.3, 0.4) is 0 Å². The van der Waals surface area contributed by atoms with Crippen molar-refractivity contribution in [1.82, 2.24) is 19.9 Å². The summed E-state index contributed by atoms with van der Waals surface area (Å²) in [6, 6.07) is 1.95. The van der Waals surface area contributed by atoms with E-state index in [4.69, 9.17) is 0 Å². The second-order valence-corrected chi connectivity index (χ2v) is 3.73. The minimum Gasteiger partial charge on any atom is -0.242 e. The third-order valence-electron chi connectivity index (χ3n) is 2.34. The molecule has 0 aliphatic heterocycles. The number of rotatable bonds is 3. The van der Waals surface area contributed by atoms with Gasteiger partial charge in [0.05, 0.1) is 0 Å². The molecule has 82 valence electrons. The Morgan fingerprint density at radius 2 is 1.69 bits per heavy atom. The van der Waals surface area contributed by atoms with E-state index in [0.717, 1.165) is 35.7 Å². The van der Waals surface area contributed by atoms with Crippen molar-refractivity contribution < 1.29 is 0 Å². The summed E-state index contributed by atoms with van der Waals surface area (Å²) in [5.74, 6) is 1.62. The Morgan fingerprint density at radius 1 is 0.938 bits per heavy atom. The molecule has 0 fully saturated rings. The van der Waals surface area contributed by atoms with E-state index in [1.54, 1.807) is 6.20 Å². The number of hydrogen-bond donors (Lipinski definition) is 0. The second-order valence-electron chi connectivity index (χ2n) is 3.73. The number of nitrogens with zero attached hydrogens (tertiary/aromatic N) is 4. The van der Waals surface area contributed by atoms with Gasteiger partial charge in [-0.2, -0.15) is 0 Å². The van der Waals surface area contributed by atoms with Crippen LogP contribution in [0.25, 0.3) is 0 Å². The summed E-state index contributed by atoms with van der Waals surface area (Å²) >= 11 is 0. The summed E-state index contributed by atoms with van der Waals surface area (Å²) in [5, 5.41) is 0. The summed E-state index contributed by atoms with van der Waals surface area (Å²) in [5.41, 5.74) is 2.20. The van der Waals surface area contributed by atoms with Crippen molar-refractivity contribution >= 4 is 0 Å². The van der Waals surface area contributed by atoms with Crippen molar-refractivity contribution in [3.63, 3.8) is 0 Å². The van der Waals surface area contributed by atoms with Gasteiger partial charge in [0, 0.05) is 24.3 Å². The lowest BCUT2D eigenvalue weighted by Crippen LogP contribution is -1.98. The molecule has 0 bridgehead atoms. The molecule has 0 unspecified atom stereocenters. The lowest BCUT2D eigenvalue weighted by molar-refractivity contribution is 0.863. The molecule has 16 heavy (non-hydrogen) atoms. The monoisotopic (exact) mass is 214 g/mol. The van der Waals surface area contributed by atoms with Gasteiger partial charge >= 0.3 is 0 Å². The normalized spacial score (nSPS) is 10.4. The van der Waals surface area contributed by atoms with Crippen molar-refractivity contribution in [2.45, 2.75) is 26.7 Å². The lowest BCUT2D eigenvalue weighted by atomic mass is 10.1. The van der Waals surface area contributed by atoms with Crippen molar-refractivity contribution in [3.05, 3.63) is 47.6 Å². The van der Waals surface area contributed by atoms with Gasteiger partial charge in [0.2, 0.25) is 0 Å². The van der Waals surface area contributed by atoms with Gasteiger partial charge in [0.1, 0.15) is 11.6 Å². The van der Waals surface area contributed by atoms with Gasteiger partial charge in [0.15, 0.2) is 0 Å². The standard InChI is InChI=1S/C12H14N4/c1-9-14-7-11(8-15-9)3-4-12-5-6-13-10(2)16-12/h5-8H,3-4H2,1-2H3. The van der Waals surface area contributed by atoms with Crippen molar-refractivity contribution in [3.8, 4) is 0 Å². The van der Waals surface area contributed by atoms with E-state index < -0.39 is 0 Å². The van der Waals surface area contributed by atoms with E-state index in [9.17, 15) is 0 Å². The molecule has 4 heteroatoms. The molecule has 0 spiro atoms. The maximum Gasteiger partial charge on any atom is 0.125 e. The first kappa shape index (κ1) is 10.7. The van der Waals surface area contributed by atoms with Gasteiger partial charge in [0.25, 0.3) is 0 Å². The van der Waals surface area contributed by atoms with Crippen LogP contribution >= 0.6 is 0 Å². The van der Waals surface area contributed by atoms with Crippen molar-refractivity contribution in [2.75, 3.05) is 0 Å². The maximum atomic E-state index is 4.35. The van der Waals surface area contributed by atoms with Crippen LogP contribution in [0.5, 0.6) is 0 Å². The molecule has 2 rings (SSSR count). The molecule has 4 nitrogen and oxygen atoms in total. The molecule has 0 aliphatic carbocycles. The first-order valence-corrected chi connectivity index (χ1v) is 5.30. The zero-order chi connectivity index (χ0) is 11.4. The Bertz CT molecular complexity index is 465. The Labute approximate surface area is 94.8 Å². The van der Waals surface area contributed by atoms with Crippen LogP contribution in [0.1, 0.15) is 22.9 Å². The average molecular weight is 214 g/mol. The summed E-state index contributed by atoms with van der Waals surface area (Å²) in [4.78, 5) is 16.8. The van der Waals surface area contributed by atoms with Crippen LogP contribution in [-0.2, 0) is 12.8 Å². The van der Waals surface area contributed by atoms with Gasteiger partial charge < -0.3 is 0 Å². The van der Waals surface area contributed by atoms with Crippen LogP contribution in [-0.4, -0.2) is 19.9 Å². The largest absolute Gasteiger partial charge is 0.242 e. The molecule has 2 aromatic rings. The molecule has 0 radical (unpaired) electrons. The predicted molar refractivity (Wildman–Crippen MR) is 60.9 cm³/mol. The SMILES string of the molecule is Cc1ncc(CCc2ccnc(C)n2)cn1. The maximum absolute atomic E-state index is 4.35. The first-order valence-electron chi connectivity index (χ1n) is 5.30. The minimum absolute atomic E-state index is 0.807. The zero-order valence-corrected chi connectivity index (χ0v) is 9.51. The summed E-state index contributed by atoms with van der Waals surface area (Å²) in [6.45, 7) is 3.79. The fourth-order valence-electron chi connectivity index (χ4n) is 1.47. The molecule has 0 N–H and O–H groups in total. The molecule has 0 amide bonds. The van der Waals surface area contributed by atoms with Crippen LogP contribution in [0.15, 0.2) is 24.7 Å². The van der Waals surface area contributed by atoms with Gasteiger partial charge in [-0.15, -0.1) is 0 Å². The summed E-state index contributed by atoms with van der Waals surface area (Å²) in [7, 11) is 0. The molecule has 0 saturated carbocycles. The molecule has 0 atom stereocenters. The average Bonchev–Trinajstić information content (AvgIpc) is 2.28. The van der Waals surface area contributed by atoms with E-state index in [2.05, 4.69) is 19.9 Å². The van der Waals surface area contributed by atoms with E-state index in [1.807, 2.05) is 32.3 Å². The van der Waals surface area contributed by atoms with E-state index in [1.165, 1.54) is 0 Å². The Hall–Kier alpha value is -1.84. The fraction of sp³-hybridized carbons (Fsp3) is 0.333. The molecular formula is C12H14N4. The van der Waals surface area contributed by atoms with Crippen molar-refractivity contribution in [2.24, 2.45) is 0 Å². The minimum atomic E-state index is 0.807. The van der Waals surface area contributed by atoms with Crippen molar-refractivity contribution in [1.29, 1.82) is 0 Å². The quantitative estimate of drug-likeness (QED) is 0.779. The van der Waals surface area contributed by atoms with Gasteiger partial charge in [-0.05, 0) is 38.3 Å². The first-order chi connectivity index (χ1) is 7.74. The second kappa shape index (κ2) is 4.79. The van der Waals surface area contributed by atoms with Crippen LogP contribution in [0.4, 0.5) is 0 Å². The molecule has 0 aromatic carbocycles. The number of aryl methyl sites for hydroxylation is 4. The van der Waals surface area contributed by atoms with E-state index in [-0.39, 0.29) is 0 Å². The van der Waals surface area contributed by atoms with Gasteiger partial charge in [-0.3, -0.25) is 0 Å². The third-order valence-corrected chi connectivity index (χ3v) is 2.34. The molecule has 0 saturated heterocycles. The topological polar surface area (TPSA) is 51.6 Å². The predicted octanol–water partition coefficient (Wildman–Crippen LogP) is 1.67. The van der Waals surface area contributed by atoms with Crippen LogP contribution in [0, 0.1) is 13.8 Å². The van der Waals surface area contributed by atoms with Gasteiger partial charge in [-0.25, -0.2) is 19.9 Å². The Morgan fingerprint density at radius 3 is 2.38 bits per heavy atom. The van der Waals surface area contributed by atoms with E-state index >= 15 is 0 Å². The Balaban J connectivity index is 1.99. The molecular weight excluding hydrogens is 200 g/mol. The van der Waals surface area contributed by atoms with Crippen LogP contribution in [0.2, 0.25) is 0 Å². The molecule has 2 aromatic heterocycles. The molecule has 0 aliphatic rings. The van der Waals surface area contributed by atoms with Gasteiger partial charge in [-0.1, -0.05) is 0 Å². The van der Waals surface area contributed by atoms with E-state index in [0.29, 0.717) is 0 Å². The summed E-state index contributed by atoms with van der Waals surface area (Å²) < 4.78 is 0. The molecule has 2 heterocycles. The highest BCUT2D eigenvalue weighted by molar-refractivity contribution is 5.09. The highest BCUT2D eigenvalue weighted by Crippen LogP contribution is 2.03. The number of aromatic nitrogens is 4. The fourth-order valence-corrected chi connectivity index (χ4v) is 1.47. The Kier molecular flexibility index (Phi) is 3.19. The lowest BCUT2D eigenvalue weighted by Gasteiger charge is -2.01. The zero-order valence-electron chi connectivity index (χ0n) is 9.51. The highest BCUT2D eigenvalue weighted by atomic mass is 14.9. The smallest absolute Gasteiger partial charge is 0.125 e. The number of hydrogen-bond acceptors (Lipinski definition) is 4.